The number of rotatable bonds is 6. The first-order valence-electron chi connectivity index (χ1n) is 10.6. The maximum absolute atomic E-state index is 13.3. The Kier molecular flexibility index (Phi) is 6.39. The normalized spacial score (nSPS) is 17.8. The van der Waals surface area contributed by atoms with Crippen LogP contribution in [0, 0.1) is 0 Å². The smallest absolute Gasteiger partial charge is 0.227 e. The number of carbonyl (C=O) groups excluding carboxylic acids is 1. The zero-order valence-electron chi connectivity index (χ0n) is 18.3. The summed E-state index contributed by atoms with van der Waals surface area (Å²) >= 11 is 0. The lowest BCUT2D eigenvalue weighted by molar-refractivity contribution is -0.131. The van der Waals surface area contributed by atoms with Gasteiger partial charge in [-0.2, -0.15) is 0 Å². The van der Waals surface area contributed by atoms with Gasteiger partial charge in [0.05, 0.1) is 47.0 Å². The van der Waals surface area contributed by atoms with Gasteiger partial charge in [-0.1, -0.05) is 12.1 Å². The minimum absolute atomic E-state index is 0.0239. The number of ether oxygens (including phenoxy) is 5. The van der Waals surface area contributed by atoms with Crippen LogP contribution in [0.2, 0.25) is 0 Å². The molecule has 0 N–H and O–H groups in total. The van der Waals surface area contributed by atoms with Gasteiger partial charge in [-0.15, -0.1) is 0 Å². The summed E-state index contributed by atoms with van der Waals surface area (Å²) in [5.74, 6) is 3.18. The van der Waals surface area contributed by atoms with E-state index in [4.69, 9.17) is 23.7 Å². The van der Waals surface area contributed by atoms with E-state index in [0.717, 1.165) is 48.4 Å². The van der Waals surface area contributed by atoms with E-state index in [-0.39, 0.29) is 18.4 Å². The predicted molar refractivity (Wildman–Crippen MR) is 116 cm³/mol. The predicted octanol–water partition coefficient (Wildman–Crippen LogP) is 3.78. The highest BCUT2D eigenvalue weighted by Gasteiger charge is 2.31. The number of fused-ring (bicyclic) bond motifs is 1. The second-order valence-electron chi connectivity index (χ2n) is 7.67. The van der Waals surface area contributed by atoms with Crippen LogP contribution in [-0.2, 0) is 11.2 Å². The fourth-order valence-electron chi connectivity index (χ4n) is 4.37. The van der Waals surface area contributed by atoms with Crippen molar-refractivity contribution in [1.29, 1.82) is 0 Å². The highest BCUT2D eigenvalue weighted by molar-refractivity contribution is 5.81. The van der Waals surface area contributed by atoms with Crippen molar-refractivity contribution in [2.45, 2.75) is 31.7 Å². The standard InChI is InChI=1S/C24H29NO6/c1-27-20-10-8-17(23(28-2)24(20)29-3)15-22(26)25-11-4-6-18(25)16-7-9-19-21(14-16)31-13-5-12-30-19/h7-10,14,18H,4-6,11-13,15H2,1-3H3/t18-/m1/s1. The molecule has 166 valence electrons. The number of amides is 1. The van der Waals surface area contributed by atoms with Crippen LogP contribution in [0.5, 0.6) is 28.7 Å². The van der Waals surface area contributed by atoms with E-state index in [1.54, 1.807) is 27.4 Å². The second kappa shape index (κ2) is 9.37. The van der Waals surface area contributed by atoms with Crippen molar-refractivity contribution in [3.63, 3.8) is 0 Å². The number of hydrogen-bond acceptors (Lipinski definition) is 6. The molecule has 2 aliphatic rings. The minimum atomic E-state index is 0.0239. The summed E-state index contributed by atoms with van der Waals surface area (Å²) in [6, 6.07) is 9.70. The minimum Gasteiger partial charge on any atom is -0.493 e. The Morgan fingerprint density at radius 2 is 1.74 bits per heavy atom. The summed E-state index contributed by atoms with van der Waals surface area (Å²) in [6.07, 6.45) is 2.98. The average Bonchev–Trinajstić information content (AvgIpc) is 3.17. The summed E-state index contributed by atoms with van der Waals surface area (Å²) in [5.41, 5.74) is 1.85. The van der Waals surface area contributed by atoms with Gasteiger partial charge in [0.15, 0.2) is 23.0 Å². The first-order valence-corrected chi connectivity index (χ1v) is 10.6. The lowest BCUT2D eigenvalue weighted by atomic mass is 10.0. The summed E-state index contributed by atoms with van der Waals surface area (Å²) in [5, 5.41) is 0. The lowest BCUT2D eigenvalue weighted by Crippen LogP contribution is -2.32. The van der Waals surface area contributed by atoms with Gasteiger partial charge in [-0.3, -0.25) is 4.79 Å². The molecule has 2 aromatic carbocycles. The van der Waals surface area contributed by atoms with Crippen LogP contribution < -0.4 is 23.7 Å². The Balaban J connectivity index is 1.56. The molecule has 1 fully saturated rings. The van der Waals surface area contributed by atoms with Gasteiger partial charge in [-0.25, -0.2) is 0 Å². The first-order chi connectivity index (χ1) is 15.2. The molecule has 7 heteroatoms. The van der Waals surface area contributed by atoms with Crippen molar-refractivity contribution in [2.24, 2.45) is 0 Å². The molecule has 0 unspecified atom stereocenters. The summed E-state index contributed by atoms with van der Waals surface area (Å²) in [4.78, 5) is 15.3. The maximum atomic E-state index is 13.3. The van der Waals surface area contributed by atoms with E-state index in [2.05, 4.69) is 0 Å². The molecular weight excluding hydrogens is 398 g/mol. The van der Waals surface area contributed by atoms with Crippen LogP contribution in [0.4, 0.5) is 0 Å². The Labute approximate surface area is 182 Å². The number of hydrogen-bond donors (Lipinski definition) is 0. The molecule has 0 spiro atoms. The molecule has 2 heterocycles. The van der Waals surface area contributed by atoms with Gasteiger partial charge in [-0.05, 0) is 36.6 Å². The van der Waals surface area contributed by atoms with Crippen LogP contribution in [0.1, 0.15) is 36.4 Å². The van der Waals surface area contributed by atoms with E-state index in [0.29, 0.717) is 30.5 Å². The molecule has 0 aromatic heterocycles. The Morgan fingerprint density at radius 1 is 0.968 bits per heavy atom. The van der Waals surface area contributed by atoms with Crippen molar-refractivity contribution in [3.8, 4) is 28.7 Å². The quantitative estimate of drug-likeness (QED) is 0.699. The highest BCUT2D eigenvalue weighted by Crippen LogP contribution is 2.41. The fraction of sp³-hybridized carbons (Fsp3) is 0.458. The summed E-state index contributed by atoms with van der Waals surface area (Å²) in [6.45, 7) is 2.03. The molecule has 0 radical (unpaired) electrons. The molecule has 0 aliphatic carbocycles. The largest absolute Gasteiger partial charge is 0.493 e. The first kappa shape index (κ1) is 21.2. The molecule has 0 saturated carbocycles. The van der Waals surface area contributed by atoms with E-state index in [9.17, 15) is 4.79 Å². The van der Waals surface area contributed by atoms with Crippen LogP contribution in [0.15, 0.2) is 30.3 Å². The van der Waals surface area contributed by atoms with Crippen molar-refractivity contribution in [1.82, 2.24) is 4.90 Å². The fourth-order valence-corrected chi connectivity index (χ4v) is 4.37. The molecule has 1 atom stereocenters. The van der Waals surface area contributed by atoms with E-state index < -0.39 is 0 Å². The Morgan fingerprint density at radius 3 is 2.48 bits per heavy atom. The second-order valence-corrected chi connectivity index (χ2v) is 7.67. The SMILES string of the molecule is COc1ccc(CC(=O)N2CCC[C@@H]2c2ccc3c(c2)OCCCO3)c(OC)c1OC. The third kappa shape index (κ3) is 4.22. The zero-order chi connectivity index (χ0) is 21.8. The zero-order valence-corrected chi connectivity index (χ0v) is 18.3. The summed E-state index contributed by atoms with van der Waals surface area (Å²) in [7, 11) is 4.71. The molecule has 31 heavy (non-hydrogen) atoms. The van der Waals surface area contributed by atoms with Gasteiger partial charge >= 0.3 is 0 Å². The van der Waals surface area contributed by atoms with Gasteiger partial charge in [0.2, 0.25) is 11.7 Å². The topological polar surface area (TPSA) is 66.5 Å². The maximum Gasteiger partial charge on any atom is 0.227 e. The van der Waals surface area contributed by atoms with Gasteiger partial charge in [0.25, 0.3) is 0 Å². The van der Waals surface area contributed by atoms with Gasteiger partial charge in [0, 0.05) is 18.5 Å². The highest BCUT2D eigenvalue weighted by atomic mass is 16.5. The third-order valence-electron chi connectivity index (χ3n) is 5.86. The number of carbonyl (C=O) groups is 1. The molecule has 4 rings (SSSR count). The van der Waals surface area contributed by atoms with E-state index in [1.165, 1.54) is 0 Å². The molecule has 2 aromatic rings. The average molecular weight is 427 g/mol. The van der Waals surface area contributed by atoms with Crippen LogP contribution in [0.25, 0.3) is 0 Å². The number of methoxy groups -OCH3 is 3. The molecule has 2 aliphatic heterocycles. The van der Waals surface area contributed by atoms with Gasteiger partial charge in [0.1, 0.15) is 0 Å². The molecule has 7 nitrogen and oxygen atoms in total. The lowest BCUT2D eigenvalue weighted by Gasteiger charge is -2.26. The van der Waals surface area contributed by atoms with E-state index >= 15 is 0 Å². The van der Waals surface area contributed by atoms with Crippen LogP contribution in [0.3, 0.4) is 0 Å². The van der Waals surface area contributed by atoms with Crippen LogP contribution in [-0.4, -0.2) is 51.9 Å². The van der Waals surface area contributed by atoms with Crippen molar-refractivity contribution in [3.05, 3.63) is 41.5 Å². The monoisotopic (exact) mass is 427 g/mol. The molecule has 1 saturated heterocycles. The Bertz CT molecular complexity index is 944. The third-order valence-corrected chi connectivity index (χ3v) is 5.86. The molecule has 0 bridgehead atoms. The van der Waals surface area contributed by atoms with Crippen molar-refractivity contribution < 1.29 is 28.5 Å². The van der Waals surface area contributed by atoms with Crippen molar-refractivity contribution in [2.75, 3.05) is 41.1 Å². The molecule has 1 amide bonds. The molecular formula is C24H29NO6. The number of benzene rings is 2. The van der Waals surface area contributed by atoms with E-state index in [1.807, 2.05) is 29.2 Å². The van der Waals surface area contributed by atoms with Crippen molar-refractivity contribution >= 4 is 5.91 Å². The van der Waals surface area contributed by atoms with Gasteiger partial charge < -0.3 is 28.6 Å². The Hall–Kier alpha value is -3.09. The number of nitrogens with zero attached hydrogens (tertiary/aromatic N) is 1. The number of likely N-dealkylation sites (tertiary alicyclic amines) is 1. The van der Waals surface area contributed by atoms with Crippen LogP contribution >= 0.6 is 0 Å². The summed E-state index contributed by atoms with van der Waals surface area (Å²) < 4.78 is 27.9.